The minimum Gasteiger partial charge on any atom is -0.476 e. The van der Waals surface area contributed by atoms with E-state index in [0.29, 0.717) is 37.5 Å². The SMILES string of the molecule is CC1=NC2CC3N=C(C4CCC(C5=NC6CC7N=C(C8CCC(C(C9CCC(C)CC9)(C(F)(F)F)C(F)(F)F)CC8)OC7CC6O5)CC4)OC3CC2O1. The summed E-state index contributed by atoms with van der Waals surface area (Å²) < 4.78 is 114. The van der Waals surface area contributed by atoms with Gasteiger partial charge in [0.25, 0.3) is 0 Å². The maximum Gasteiger partial charge on any atom is 0.403 e. The third kappa shape index (κ3) is 6.25. The molecule has 5 fully saturated rings. The van der Waals surface area contributed by atoms with E-state index in [1.807, 2.05) is 13.8 Å². The molecule has 0 N–H and O–H groups in total. The van der Waals surface area contributed by atoms with E-state index in [2.05, 4.69) is 4.99 Å². The van der Waals surface area contributed by atoms with Crippen LogP contribution in [0.5, 0.6) is 0 Å². The highest BCUT2D eigenvalue weighted by Crippen LogP contribution is 2.65. The van der Waals surface area contributed by atoms with Gasteiger partial charge in [0.05, 0.1) is 24.2 Å². The molecule has 8 unspecified atom stereocenters. The average molecular weight is 755 g/mol. The molecule has 0 aromatic carbocycles. The number of hydrogen-bond acceptors (Lipinski definition) is 8. The van der Waals surface area contributed by atoms with Crippen LogP contribution >= 0.6 is 0 Å². The number of ether oxygens (including phenoxy) is 4. The van der Waals surface area contributed by atoms with Crippen LogP contribution in [0.1, 0.15) is 117 Å². The van der Waals surface area contributed by atoms with Gasteiger partial charge in [0.2, 0.25) is 0 Å². The van der Waals surface area contributed by atoms with Crippen molar-refractivity contribution in [1.82, 2.24) is 0 Å². The Morgan fingerprint density at radius 3 is 1.19 bits per heavy atom. The molecule has 14 heteroatoms. The highest BCUT2D eigenvalue weighted by molar-refractivity contribution is 5.84. The van der Waals surface area contributed by atoms with Gasteiger partial charge in [-0.05, 0) is 94.8 Å². The second kappa shape index (κ2) is 13.3. The molecule has 0 spiro atoms. The molecule has 4 aliphatic heterocycles. The van der Waals surface area contributed by atoms with Gasteiger partial charge in [-0.2, -0.15) is 26.3 Å². The maximum absolute atomic E-state index is 14.8. The Kier molecular flexibility index (Phi) is 9.06. The zero-order valence-electron chi connectivity index (χ0n) is 30.6. The Bertz CT molecular complexity index is 1510. The highest BCUT2D eigenvalue weighted by atomic mass is 19.4. The van der Waals surface area contributed by atoms with Gasteiger partial charge in [-0.25, -0.2) is 20.0 Å². The van der Waals surface area contributed by atoms with Crippen LogP contribution in [-0.2, 0) is 18.9 Å². The third-order valence-electron chi connectivity index (χ3n) is 14.7. The summed E-state index contributed by atoms with van der Waals surface area (Å²) in [5.74, 6) is 0.512. The van der Waals surface area contributed by atoms with Crippen LogP contribution in [0.25, 0.3) is 0 Å². The fourth-order valence-corrected chi connectivity index (χ4v) is 11.9. The first kappa shape index (κ1) is 36.1. The molecule has 5 saturated carbocycles. The van der Waals surface area contributed by atoms with Gasteiger partial charge in [-0.1, -0.05) is 19.8 Å². The van der Waals surface area contributed by atoms with Crippen molar-refractivity contribution in [2.45, 2.75) is 178 Å². The smallest absolute Gasteiger partial charge is 0.403 e. The Labute approximate surface area is 307 Å². The van der Waals surface area contributed by atoms with E-state index < -0.39 is 29.6 Å². The Balaban J connectivity index is 0.791. The zero-order valence-corrected chi connectivity index (χ0v) is 30.6. The molecule has 0 aromatic rings. The van der Waals surface area contributed by atoms with Crippen molar-refractivity contribution in [3.05, 3.63) is 0 Å². The van der Waals surface area contributed by atoms with Crippen LogP contribution in [0.3, 0.4) is 0 Å². The number of hydrogen-bond donors (Lipinski definition) is 0. The van der Waals surface area contributed by atoms with Crippen molar-refractivity contribution in [3.63, 3.8) is 0 Å². The van der Waals surface area contributed by atoms with Crippen LogP contribution in [0.4, 0.5) is 26.3 Å². The van der Waals surface area contributed by atoms with Crippen LogP contribution in [-0.4, -0.2) is 84.5 Å². The van der Waals surface area contributed by atoms with E-state index in [9.17, 15) is 26.3 Å². The first-order valence-electron chi connectivity index (χ1n) is 20.3. The minimum atomic E-state index is -5.36. The van der Waals surface area contributed by atoms with E-state index >= 15 is 0 Å². The number of aliphatic imine (C=N–C) groups is 4. The quantitative estimate of drug-likeness (QED) is 0.263. The van der Waals surface area contributed by atoms with Crippen LogP contribution < -0.4 is 0 Å². The molecule has 53 heavy (non-hydrogen) atoms. The first-order valence-corrected chi connectivity index (χ1v) is 20.3. The third-order valence-corrected chi connectivity index (χ3v) is 14.7. The summed E-state index contributed by atoms with van der Waals surface area (Å²) in [7, 11) is 0. The molecule has 0 amide bonds. The lowest BCUT2D eigenvalue weighted by molar-refractivity contribution is -0.382. The van der Waals surface area contributed by atoms with Gasteiger partial charge in [-0.15, -0.1) is 0 Å². The summed E-state index contributed by atoms with van der Waals surface area (Å²) >= 11 is 0. The molecule has 294 valence electrons. The fraction of sp³-hybridized carbons (Fsp3) is 0.897. The molecule has 0 radical (unpaired) electrons. The standard InChI is InChI=1S/C39H52F6N4O4/c1-19-3-11-24(12-4-19)37(38(40,41)42,39(43,44)45)25-13-9-23(10-14-25)36-49-29-16-28-32(18-33(29)53-36)52-35(48-28)22-7-5-21(6-8-22)34-47-27-15-26-30(17-31(27)51-34)50-20(2)46-26/h19,21-33H,3-18H2,1-2H3. The molecular formula is C39H52F6N4O4. The fourth-order valence-electron chi connectivity index (χ4n) is 11.9. The molecule has 8 atom stereocenters. The predicted molar refractivity (Wildman–Crippen MR) is 185 cm³/mol. The van der Waals surface area contributed by atoms with E-state index in [0.717, 1.165) is 56.2 Å². The molecule has 0 bridgehead atoms. The van der Waals surface area contributed by atoms with Crippen molar-refractivity contribution in [2.24, 2.45) is 60.9 Å². The molecule has 0 aromatic heterocycles. The summed E-state index contributed by atoms with van der Waals surface area (Å²) in [6.07, 6.45) is -3.09. The van der Waals surface area contributed by atoms with Crippen LogP contribution in [0, 0.1) is 40.9 Å². The summed E-state index contributed by atoms with van der Waals surface area (Å²) in [5.41, 5.74) is -3.66. The molecule has 8 nitrogen and oxygen atoms in total. The number of rotatable bonds is 5. The minimum absolute atomic E-state index is 0.0255. The van der Waals surface area contributed by atoms with Gasteiger partial charge < -0.3 is 18.9 Å². The number of fused-ring (bicyclic) bond motifs is 4. The second-order valence-corrected chi connectivity index (χ2v) is 17.8. The highest BCUT2D eigenvalue weighted by Gasteiger charge is 2.76. The lowest BCUT2D eigenvalue weighted by Gasteiger charge is -2.51. The summed E-state index contributed by atoms with van der Waals surface area (Å²) in [6.45, 7) is 3.82. The largest absolute Gasteiger partial charge is 0.476 e. The molecule has 0 saturated heterocycles. The Morgan fingerprint density at radius 2 is 0.792 bits per heavy atom. The van der Waals surface area contributed by atoms with Crippen LogP contribution in [0.15, 0.2) is 20.0 Å². The number of alkyl halides is 6. The Hall–Kier alpha value is -2.54. The van der Waals surface area contributed by atoms with Crippen molar-refractivity contribution in [3.8, 4) is 0 Å². The van der Waals surface area contributed by atoms with Crippen molar-refractivity contribution < 1.29 is 45.3 Å². The monoisotopic (exact) mass is 754 g/mol. The normalized spacial score (nSPS) is 44.1. The summed E-state index contributed by atoms with van der Waals surface area (Å²) in [5, 5.41) is 0. The molecule has 9 aliphatic rings. The van der Waals surface area contributed by atoms with Crippen LogP contribution in [0.2, 0.25) is 0 Å². The lowest BCUT2D eigenvalue weighted by atomic mass is 9.56. The maximum atomic E-state index is 14.8. The lowest BCUT2D eigenvalue weighted by Crippen LogP contribution is -2.60. The van der Waals surface area contributed by atoms with Crippen molar-refractivity contribution >= 4 is 23.6 Å². The number of halogens is 6. The van der Waals surface area contributed by atoms with E-state index in [4.69, 9.17) is 33.9 Å². The average Bonchev–Trinajstić information content (AvgIpc) is 3.90. The summed E-state index contributed by atoms with van der Waals surface area (Å²) in [6, 6.07) is 0.195. The first-order chi connectivity index (χ1) is 25.3. The van der Waals surface area contributed by atoms with Gasteiger partial charge >= 0.3 is 12.4 Å². The van der Waals surface area contributed by atoms with Gasteiger partial charge in [0.15, 0.2) is 29.0 Å². The van der Waals surface area contributed by atoms with E-state index in [-0.39, 0.29) is 105 Å². The van der Waals surface area contributed by atoms with E-state index in [1.54, 1.807) is 0 Å². The second-order valence-electron chi connectivity index (χ2n) is 17.8. The number of nitrogens with zero attached hydrogens (tertiary/aromatic N) is 4. The van der Waals surface area contributed by atoms with Gasteiger partial charge in [-0.3, -0.25) is 0 Å². The van der Waals surface area contributed by atoms with Gasteiger partial charge in [0, 0.05) is 37.5 Å². The van der Waals surface area contributed by atoms with Crippen molar-refractivity contribution in [2.75, 3.05) is 0 Å². The molecule has 9 rings (SSSR count). The Morgan fingerprint density at radius 1 is 0.453 bits per heavy atom. The topological polar surface area (TPSA) is 86.4 Å². The molecule has 4 heterocycles. The zero-order chi connectivity index (χ0) is 36.9. The van der Waals surface area contributed by atoms with Gasteiger partial charge in [0.1, 0.15) is 24.4 Å². The summed E-state index contributed by atoms with van der Waals surface area (Å²) in [4.78, 5) is 19.6. The predicted octanol–water partition coefficient (Wildman–Crippen LogP) is 8.81. The molecule has 5 aliphatic carbocycles. The van der Waals surface area contributed by atoms with E-state index in [1.165, 1.54) is 0 Å². The molecular weight excluding hydrogens is 702 g/mol. The van der Waals surface area contributed by atoms with Crippen molar-refractivity contribution in [1.29, 1.82) is 0 Å².